The molecular formula is C9H18F3N3O. The number of hydrogen-bond acceptors (Lipinski definition) is 3. The standard InChI is InChI=1S/C9H18F3N3O/c1-6(2)14-8(16)5-15(3)7(4-13)9(10,11)12/h6-7H,4-5,13H2,1-3H3,(H,14,16). The number of nitrogens with two attached hydrogens (primary N) is 1. The second-order valence-electron chi connectivity index (χ2n) is 3.93. The zero-order chi connectivity index (χ0) is 12.9. The van der Waals surface area contributed by atoms with Crippen LogP contribution in [0.4, 0.5) is 13.2 Å². The Morgan fingerprint density at radius 1 is 1.44 bits per heavy atom. The summed E-state index contributed by atoms with van der Waals surface area (Å²) in [7, 11) is 1.23. The number of alkyl halides is 3. The molecule has 4 nitrogen and oxygen atoms in total. The first-order chi connectivity index (χ1) is 7.18. The maximum Gasteiger partial charge on any atom is 0.405 e. The summed E-state index contributed by atoms with van der Waals surface area (Å²) in [5.41, 5.74) is 5.04. The zero-order valence-electron chi connectivity index (χ0n) is 9.64. The number of rotatable bonds is 5. The molecule has 96 valence electrons. The van der Waals surface area contributed by atoms with Crippen LogP contribution in [-0.4, -0.2) is 49.2 Å². The van der Waals surface area contributed by atoms with E-state index >= 15 is 0 Å². The Kier molecular flexibility index (Phi) is 5.74. The SMILES string of the molecule is CC(C)NC(=O)CN(C)C(CN)C(F)(F)F. The average molecular weight is 241 g/mol. The number of halogens is 3. The molecule has 0 aromatic heterocycles. The third kappa shape index (κ3) is 5.32. The van der Waals surface area contributed by atoms with Gasteiger partial charge in [0.1, 0.15) is 6.04 Å². The van der Waals surface area contributed by atoms with E-state index in [0.29, 0.717) is 0 Å². The van der Waals surface area contributed by atoms with Crippen molar-refractivity contribution < 1.29 is 18.0 Å². The molecule has 1 amide bonds. The lowest BCUT2D eigenvalue weighted by Crippen LogP contribution is -2.51. The van der Waals surface area contributed by atoms with Gasteiger partial charge in [-0.25, -0.2) is 0 Å². The van der Waals surface area contributed by atoms with Crippen LogP contribution in [0.2, 0.25) is 0 Å². The van der Waals surface area contributed by atoms with Crippen molar-refractivity contribution in [3.05, 3.63) is 0 Å². The van der Waals surface area contributed by atoms with Gasteiger partial charge in [0, 0.05) is 12.6 Å². The Bertz CT molecular complexity index is 231. The summed E-state index contributed by atoms with van der Waals surface area (Å²) in [6.45, 7) is 2.60. The maximum atomic E-state index is 12.4. The van der Waals surface area contributed by atoms with Crippen LogP contribution < -0.4 is 11.1 Å². The van der Waals surface area contributed by atoms with Gasteiger partial charge in [-0.1, -0.05) is 0 Å². The lowest BCUT2D eigenvalue weighted by atomic mass is 10.2. The van der Waals surface area contributed by atoms with Gasteiger partial charge < -0.3 is 11.1 Å². The molecule has 0 radical (unpaired) electrons. The summed E-state index contributed by atoms with van der Waals surface area (Å²) in [5.74, 6) is -0.444. The fraction of sp³-hybridized carbons (Fsp3) is 0.889. The van der Waals surface area contributed by atoms with Crippen molar-refractivity contribution in [2.24, 2.45) is 5.73 Å². The lowest BCUT2D eigenvalue weighted by molar-refractivity contribution is -0.178. The molecular weight excluding hydrogens is 223 g/mol. The third-order valence-corrected chi connectivity index (χ3v) is 1.98. The van der Waals surface area contributed by atoms with E-state index < -0.39 is 24.7 Å². The molecule has 0 aliphatic rings. The van der Waals surface area contributed by atoms with Gasteiger partial charge in [-0.05, 0) is 20.9 Å². The molecule has 3 N–H and O–H groups in total. The smallest absolute Gasteiger partial charge is 0.353 e. The fourth-order valence-corrected chi connectivity index (χ4v) is 1.27. The molecule has 7 heteroatoms. The van der Waals surface area contributed by atoms with E-state index in [2.05, 4.69) is 5.32 Å². The average Bonchev–Trinajstić information content (AvgIpc) is 1.99. The monoisotopic (exact) mass is 241 g/mol. The highest BCUT2D eigenvalue weighted by Gasteiger charge is 2.41. The Hall–Kier alpha value is -0.820. The summed E-state index contributed by atoms with van der Waals surface area (Å²) >= 11 is 0. The second-order valence-corrected chi connectivity index (χ2v) is 3.93. The molecule has 0 rings (SSSR count). The Morgan fingerprint density at radius 3 is 2.25 bits per heavy atom. The van der Waals surface area contributed by atoms with Crippen molar-refractivity contribution >= 4 is 5.91 Å². The molecule has 0 bridgehead atoms. The molecule has 0 saturated carbocycles. The van der Waals surface area contributed by atoms with E-state index in [-0.39, 0.29) is 12.6 Å². The van der Waals surface area contributed by atoms with Gasteiger partial charge in [-0.3, -0.25) is 9.69 Å². The minimum absolute atomic E-state index is 0.0943. The number of likely N-dealkylation sites (N-methyl/N-ethyl adjacent to an activating group) is 1. The second kappa shape index (κ2) is 6.05. The molecule has 0 saturated heterocycles. The van der Waals surface area contributed by atoms with E-state index in [9.17, 15) is 18.0 Å². The highest BCUT2D eigenvalue weighted by atomic mass is 19.4. The Morgan fingerprint density at radius 2 is 1.94 bits per heavy atom. The van der Waals surface area contributed by atoms with Gasteiger partial charge in [0.15, 0.2) is 0 Å². The quantitative estimate of drug-likeness (QED) is 0.729. The van der Waals surface area contributed by atoms with E-state index in [4.69, 9.17) is 5.73 Å². The maximum absolute atomic E-state index is 12.4. The predicted octanol–water partition coefficient (Wildman–Crippen LogP) is 0.332. The topological polar surface area (TPSA) is 58.4 Å². The summed E-state index contributed by atoms with van der Waals surface area (Å²) in [5, 5.41) is 2.52. The van der Waals surface area contributed by atoms with Crippen molar-refractivity contribution in [2.45, 2.75) is 32.1 Å². The van der Waals surface area contributed by atoms with E-state index in [1.165, 1.54) is 7.05 Å². The third-order valence-electron chi connectivity index (χ3n) is 1.98. The van der Waals surface area contributed by atoms with Crippen molar-refractivity contribution in [3.8, 4) is 0 Å². The number of carbonyl (C=O) groups excluding carboxylic acids is 1. The first-order valence-corrected chi connectivity index (χ1v) is 4.94. The van der Waals surface area contributed by atoms with Crippen LogP contribution in [0.1, 0.15) is 13.8 Å². The Balaban J connectivity index is 4.32. The normalized spacial score (nSPS) is 14.3. The molecule has 0 spiro atoms. The van der Waals surface area contributed by atoms with E-state index in [1.54, 1.807) is 13.8 Å². The number of nitrogens with one attached hydrogen (secondary N) is 1. The molecule has 1 unspecified atom stereocenters. The number of carbonyl (C=O) groups is 1. The van der Waals surface area contributed by atoms with Crippen LogP contribution in [0.5, 0.6) is 0 Å². The molecule has 0 aromatic rings. The molecule has 0 aromatic carbocycles. The first-order valence-electron chi connectivity index (χ1n) is 4.94. The van der Waals surface area contributed by atoms with Gasteiger partial charge in [-0.2, -0.15) is 13.2 Å². The van der Waals surface area contributed by atoms with Crippen molar-refractivity contribution in [1.82, 2.24) is 10.2 Å². The van der Waals surface area contributed by atoms with Crippen LogP contribution in [0.15, 0.2) is 0 Å². The van der Waals surface area contributed by atoms with Crippen LogP contribution in [0.3, 0.4) is 0 Å². The van der Waals surface area contributed by atoms with E-state index in [0.717, 1.165) is 4.90 Å². The van der Waals surface area contributed by atoms with Crippen LogP contribution in [0, 0.1) is 0 Å². The van der Waals surface area contributed by atoms with E-state index in [1.807, 2.05) is 0 Å². The summed E-state index contributed by atoms with van der Waals surface area (Å²) in [4.78, 5) is 12.2. The van der Waals surface area contributed by atoms with Crippen LogP contribution in [0.25, 0.3) is 0 Å². The highest BCUT2D eigenvalue weighted by Crippen LogP contribution is 2.22. The molecule has 0 aliphatic carbocycles. The van der Waals surface area contributed by atoms with Crippen LogP contribution >= 0.6 is 0 Å². The summed E-state index contributed by atoms with van der Waals surface area (Å²) < 4.78 is 37.3. The minimum atomic E-state index is -4.42. The molecule has 1 atom stereocenters. The first kappa shape index (κ1) is 15.2. The number of amides is 1. The fourth-order valence-electron chi connectivity index (χ4n) is 1.27. The van der Waals surface area contributed by atoms with Crippen LogP contribution in [-0.2, 0) is 4.79 Å². The minimum Gasteiger partial charge on any atom is -0.353 e. The highest BCUT2D eigenvalue weighted by molar-refractivity contribution is 5.78. The van der Waals surface area contributed by atoms with Crippen molar-refractivity contribution in [3.63, 3.8) is 0 Å². The van der Waals surface area contributed by atoms with Gasteiger partial charge >= 0.3 is 6.18 Å². The largest absolute Gasteiger partial charge is 0.405 e. The Labute approximate surface area is 93.0 Å². The van der Waals surface area contributed by atoms with Gasteiger partial charge in [0.25, 0.3) is 0 Å². The zero-order valence-corrected chi connectivity index (χ0v) is 9.64. The predicted molar refractivity (Wildman–Crippen MR) is 54.8 cm³/mol. The van der Waals surface area contributed by atoms with Crippen molar-refractivity contribution in [2.75, 3.05) is 20.1 Å². The molecule has 16 heavy (non-hydrogen) atoms. The van der Waals surface area contributed by atoms with Gasteiger partial charge in [0.05, 0.1) is 6.54 Å². The lowest BCUT2D eigenvalue weighted by Gasteiger charge is -2.28. The van der Waals surface area contributed by atoms with Gasteiger partial charge in [-0.15, -0.1) is 0 Å². The molecule has 0 heterocycles. The molecule has 0 fully saturated rings. The van der Waals surface area contributed by atoms with Gasteiger partial charge in [0.2, 0.25) is 5.91 Å². The number of nitrogens with zero attached hydrogens (tertiary/aromatic N) is 1. The number of hydrogen-bond donors (Lipinski definition) is 2. The summed E-state index contributed by atoms with van der Waals surface area (Å²) in [6, 6.07) is -1.88. The van der Waals surface area contributed by atoms with Crippen molar-refractivity contribution in [1.29, 1.82) is 0 Å². The molecule has 0 aliphatic heterocycles. The summed E-state index contributed by atoms with van der Waals surface area (Å²) in [6.07, 6.45) is -4.42.